The molecule has 0 aromatic heterocycles. The Kier molecular flexibility index (Phi) is 4.83. The molecule has 0 saturated heterocycles. The molecule has 2 N–H and O–H groups in total. The summed E-state index contributed by atoms with van der Waals surface area (Å²) >= 11 is 0. The van der Waals surface area contributed by atoms with Crippen LogP contribution in [-0.2, 0) is 20.9 Å². The third-order valence-electron chi connectivity index (χ3n) is 4.76. The lowest BCUT2D eigenvalue weighted by Gasteiger charge is -2.28. The lowest BCUT2D eigenvalue weighted by molar-refractivity contribution is -0.146. The number of nitrogens with one attached hydrogen (secondary N) is 1. The number of carbonyl (C=O) groups is 3. The summed E-state index contributed by atoms with van der Waals surface area (Å²) in [5, 5.41) is 17.6. The number of hydrogen-bond donors (Lipinski definition) is 2. The maximum absolute atomic E-state index is 12.5. The first-order valence-corrected chi connectivity index (χ1v) is 8.48. The number of amides is 2. The number of rotatable bonds is 5. The summed E-state index contributed by atoms with van der Waals surface area (Å²) in [6.45, 7) is 0.292. The molecule has 1 aromatic rings. The second-order valence-electron chi connectivity index (χ2n) is 6.53. The SMILES string of the molecule is O=C(NC1(C(=O)O)CCCC1)C1=NN(Cc2ccccc2)C(=O)CC1. The number of carbonyl (C=O) groups excluding carboxylic acids is 2. The molecule has 1 aliphatic heterocycles. The van der Waals surface area contributed by atoms with Crippen molar-refractivity contribution in [3.8, 4) is 0 Å². The minimum absolute atomic E-state index is 0.144. The molecule has 132 valence electrons. The molecule has 1 aliphatic carbocycles. The van der Waals surface area contributed by atoms with Gasteiger partial charge in [-0.3, -0.25) is 9.59 Å². The van der Waals surface area contributed by atoms with E-state index in [1.807, 2.05) is 30.3 Å². The number of aliphatic carboxylic acids is 1. The van der Waals surface area contributed by atoms with Crippen molar-refractivity contribution >= 4 is 23.5 Å². The van der Waals surface area contributed by atoms with Crippen LogP contribution in [0.3, 0.4) is 0 Å². The van der Waals surface area contributed by atoms with E-state index in [1.165, 1.54) is 5.01 Å². The minimum atomic E-state index is -1.20. The smallest absolute Gasteiger partial charge is 0.329 e. The van der Waals surface area contributed by atoms with Crippen LogP contribution in [0.5, 0.6) is 0 Å². The average molecular weight is 343 g/mol. The molecule has 0 atom stereocenters. The van der Waals surface area contributed by atoms with Gasteiger partial charge < -0.3 is 10.4 Å². The number of hydrazone groups is 1. The van der Waals surface area contributed by atoms with Gasteiger partial charge in [-0.2, -0.15) is 5.10 Å². The molecule has 1 fully saturated rings. The second-order valence-corrected chi connectivity index (χ2v) is 6.53. The van der Waals surface area contributed by atoms with Gasteiger partial charge in [0.2, 0.25) is 5.91 Å². The van der Waals surface area contributed by atoms with E-state index in [1.54, 1.807) is 0 Å². The largest absolute Gasteiger partial charge is 0.480 e. The van der Waals surface area contributed by atoms with Crippen LogP contribution in [0.1, 0.15) is 44.1 Å². The molecule has 0 radical (unpaired) electrons. The van der Waals surface area contributed by atoms with E-state index in [0.29, 0.717) is 19.4 Å². The van der Waals surface area contributed by atoms with E-state index in [2.05, 4.69) is 10.4 Å². The zero-order chi connectivity index (χ0) is 17.9. The van der Waals surface area contributed by atoms with E-state index in [9.17, 15) is 19.5 Å². The highest BCUT2D eigenvalue weighted by Gasteiger charge is 2.43. The van der Waals surface area contributed by atoms with Crippen molar-refractivity contribution in [2.24, 2.45) is 5.10 Å². The predicted molar refractivity (Wildman–Crippen MR) is 90.6 cm³/mol. The van der Waals surface area contributed by atoms with Crippen molar-refractivity contribution in [3.63, 3.8) is 0 Å². The Balaban J connectivity index is 1.74. The number of carboxylic acids is 1. The van der Waals surface area contributed by atoms with Crippen LogP contribution >= 0.6 is 0 Å². The molecule has 1 saturated carbocycles. The van der Waals surface area contributed by atoms with Gasteiger partial charge in [0.1, 0.15) is 11.3 Å². The zero-order valence-corrected chi connectivity index (χ0v) is 13.9. The second kappa shape index (κ2) is 7.04. The first-order chi connectivity index (χ1) is 12.0. The number of benzene rings is 1. The molecule has 2 aliphatic rings. The molecular weight excluding hydrogens is 322 g/mol. The summed E-state index contributed by atoms with van der Waals surface area (Å²) in [7, 11) is 0. The monoisotopic (exact) mass is 343 g/mol. The van der Waals surface area contributed by atoms with E-state index in [-0.39, 0.29) is 24.5 Å². The summed E-state index contributed by atoms with van der Waals surface area (Å²) in [5.41, 5.74) is -0.0761. The number of hydrogen-bond acceptors (Lipinski definition) is 4. The van der Waals surface area contributed by atoms with Gasteiger partial charge in [-0.05, 0) is 18.4 Å². The molecule has 7 nitrogen and oxygen atoms in total. The van der Waals surface area contributed by atoms with Gasteiger partial charge >= 0.3 is 5.97 Å². The van der Waals surface area contributed by atoms with Crippen molar-refractivity contribution in [3.05, 3.63) is 35.9 Å². The van der Waals surface area contributed by atoms with Gasteiger partial charge in [0.05, 0.1) is 6.54 Å². The summed E-state index contributed by atoms with van der Waals surface area (Å²) in [4.78, 5) is 36.2. The summed E-state index contributed by atoms with van der Waals surface area (Å²) in [6, 6.07) is 9.40. The highest BCUT2D eigenvalue weighted by atomic mass is 16.4. The van der Waals surface area contributed by atoms with Crippen LogP contribution in [0.2, 0.25) is 0 Å². The predicted octanol–water partition coefficient (Wildman–Crippen LogP) is 1.68. The topological polar surface area (TPSA) is 99.1 Å². The summed E-state index contributed by atoms with van der Waals surface area (Å²) in [6.07, 6.45) is 2.82. The lowest BCUT2D eigenvalue weighted by Crippen LogP contribution is -2.55. The van der Waals surface area contributed by atoms with Crippen molar-refractivity contribution < 1.29 is 19.5 Å². The zero-order valence-electron chi connectivity index (χ0n) is 13.9. The molecule has 1 heterocycles. The van der Waals surface area contributed by atoms with Gasteiger partial charge in [-0.15, -0.1) is 0 Å². The Morgan fingerprint density at radius 1 is 1.16 bits per heavy atom. The standard InChI is InChI=1S/C18H21N3O4/c22-15-9-8-14(20-21(15)12-13-6-2-1-3-7-13)16(23)19-18(17(24)25)10-4-5-11-18/h1-3,6-7H,4-5,8-12H2,(H,19,23)(H,24,25). The number of carboxylic acid groups (broad SMARTS) is 1. The molecule has 7 heteroatoms. The van der Waals surface area contributed by atoms with Crippen LogP contribution in [0.25, 0.3) is 0 Å². The third-order valence-corrected chi connectivity index (χ3v) is 4.76. The highest BCUT2D eigenvalue weighted by Crippen LogP contribution is 2.30. The van der Waals surface area contributed by atoms with E-state index < -0.39 is 17.4 Å². The Morgan fingerprint density at radius 3 is 2.48 bits per heavy atom. The summed E-state index contributed by atoms with van der Waals surface area (Å²) in [5.74, 6) is -1.64. The number of nitrogens with zero attached hydrogens (tertiary/aromatic N) is 2. The summed E-state index contributed by atoms with van der Waals surface area (Å²) < 4.78 is 0. The molecule has 25 heavy (non-hydrogen) atoms. The fraction of sp³-hybridized carbons (Fsp3) is 0.444. The van der Waals surface area contributed by atoms with Gasteiger partial charge in [-0.25, -0.2) is 9.80 Å². The van der Waals surface area contributed by atoms with Crippen molar-refractivity contribution in [1.29, 1.82) is 0 Å². The van der Waals surface area contributed by atoms with Gasteiger partial charge in [0.15, 0.2) is 0 Å². The van der Waals surface area contributed by atoms with Crippen LogP contribution in [0.15, 0.2) is 35.4 Å². The fourth-order valence-corrected chi connectivity index (χ4v) is 3.31. The Labute approximate surface area is 145 Å². The molecule has 2 amide bonds. The molecule has 0 bridgehead atoms. The van der Waals surface area contributed by atoms with Gasteiger partial charge in [0.25, 0.3) is 5.91 Å². The Bertz CT molecular complexity index is 708. The van der Waals surface area contributed by atoms with Gasteiger partial charge in [0, 0.05) is 12.8 Å². The third kappa shape index (κ3) is 3.70. The highest BCUT2D eigenvalue weighted by molar-refractivity contribution is 6.40. The molecular formula is C18H21N3O4. The van der Waals surface area contributed by atoms with Crippen LogP contribution < -0.4 is 5.32 Å². The Morgan fingerprint density at radius 2 is 1.84 bits per heavy atom. The quantitative estimate of drug-likeness (QED) is 0.849. The molecule has 0 spiro atoms. The maximum Gasteiger partial charge on any atom is 0.329 e. The van der Waals surface area contributed by atoms with E-state index in [4.69, 9.17) is 0 Å². The maximum atomic E-state index is 12.5. The van der Waals surface area contributed by atoms with E-state index >= 15 is 0 Å². The van der Waals surface area contributed by atoms with Crippen LogP contribution in [-0.4, -0.2) is 39.1 Å². The van der Waals surface area contributed by atoms with Crippen molar-refractivity contribution in [2.75, 3.05) is 0 Å². The first kappa shape index (κ1) is 17.1. The van der Waals surface area contributed by atoms with E-state index in [0.717, 1.165) is 18.4 Å². The molecule has 1 aromatic carbocycles. The van der Waals surface area contributed by atoms with Gasteiger partial charge in [-0.1, -0.05) is 43.2 Å². The fourth-order valence-electron chi connectivity index (χ4n) is 3.31. The van der Waals surface area contributed by atoms with Crippen LogP contribution in [0.4, 0.5) is 0 Å². The van der Waals surface area contributed by atoms with Crippen molar-refractivity contribution in [1.82, 2.24) is 10.3 Å². The molecule has 3 rings (SSSR count). The van der Waals surface area contributed by atoms with Crippen LogP contribution in [0, 0.1) is 0 Å². The normalized spacial score (nSPS) is 19.4. The first-order valence-electron chi connectivity index (χ1n) is 8.48. The minimum Gasteiger partial charge on any atom is -0.480 e. The lowest BCUT2D eigenvalue weighted by atomic mass is 9.97. The average Bonchev–Trinajstić information content (AvgIpc) is 3.07. The molecule has 0 unspecified atom stereocenters. The van der Waals surface area contributed by atoms with Crippen molar-refractivity contribution in [2.45, 2.75) is 50.6 Å². The Hall–Kier alpha value is -2.70.